The molecular weight excluding hydrogens is 178 g/mol. The van der Waals surface area contributed by atoms with Crippen molar-refractivity contribution in [2.24, 2.45) is 11.8 Å². The van der Waals surface area contributed by atoms with Gasteiger partial charge in [-0.05, 0) is 5.92 Å². The molecule has 1 amide bonds. The van der Waals surface area contributed by atoms with Gasteiger partial charge in [-0.25, -0.2) is 0 Å². The molecule has 0 aromatic heterocycles. The summed E-state index contributed by atoms with van der Waals surface area (Å²) >= 11 is 0. The highest BCUT2D eigenvalue weighted by Gasteiger charge is 2.36. The molecular formula is C10H19N3O. The van der Waals surface area contributed by atoms with Gasteiger partial charge in [0.2, 0.25) is 5.91 Å². The lowest BCUT2D eigenvalue weighted by Gasteiger charge is -2.46. The fourth-order valence-corrected chi connectivity index (χ4v) is 2.73. The van der Waals surface area contributed by atoms with Crippen molar-refractivity contribution in [3.05, 3.63) is 0 Å². The van der Waals surface area contributed by atoms with E-state index in [1.54, 1.807) is 6.92 Å². The van der Waals surface area contributed by atoms with Gasteiger partial charge in [0.15, 0.2) is 0 Å². The molecule has 0 spiro atoms. The van der Waals surface area contributed by atoms with Crippen LogP contribution in [0.5, 0.6) is 0 Å². The van der Waals surface area contributed by atoms with Crippen LogP contribution in [0, 0.1) is 11.8 Å². The minimum atomic E-state index is 0.0980. The van der Waals surface area contributed by atoms with Crippen molar-refractivity contribution in [3.8, 4) is 0 Å². The average Bonchev–Trinajstić information content (AvgIpc) is 2.12. The van der Waals surface area contributed by atoms with Crippen molar-refractivity contribution in [2.75, 3.05) is 26.3 Å². The maximum absolute atomic E-state index is 11.1. The van der Waals surface area contributed by atoms with E-state index in [9.17, 15) is 4.79 Å². The lowest BCUT2D eigenvalue weighted by molar-refractivity contribution is -0.121. The first-order valence-corrected chi connectivity index (χ1v) is 5.37. The Morgan fingerprint density at radius 3 is 3.00 bits per heavy atom. The third-order valence-electron chi connectivity index (χ3n) is 3.27. The number of rotatable bonds is 1. The molecule has 80 valence electrons. The summed E-state index contributed by atoms with van der Waals surface area (Å²) in [5.74, 6) is 1.25. The molecule has 0 aliphatic carbocycles. The minimum absolute atomic E-state index is 0.0980. The van der Waals surface area contributed by atoms with Crippen LogP contribution < -0.4 is 10.6 Å². The fraction of sp³-hybridized carbons (Fsp3) is 0.900. The highest BCUT2D eigenvalue weighted by Crippen LogP contribution is 2.23. The van der Waals surface area contributed by atoms with Crippen molar-refractivity contribution >= 4 is 5.91 Å². The molecule has 0 radical (unpaired) electrons. The van der Waals surface area contributed by atoms with E-state index in [0.29, 0.717) is 17.9 Å². The van der Waals surface area contributed by atoms with Gasteiger partial charge in [-0.3, -0.25) is 9.69 Å². The molecule has 2 saturated heterocycles. The zero-order valence-corrected chi connectivity index (χ0v) is 8.92. The molecule has 2 heterocycles. The molecule has 0 aromatic carbocycles. The zero-order chi connectivity index (χ0) is 10.1. The summed E-state index contributed by atoms with van der Waals surface area (Å²) in [5.41, 5.74) is 0. The van der Waals surface area contributed by atoms with Crippen molar-refractivity contribution in [1.29, 1.82) is 0 Å². The van der Waals surface area contributed by atoms with Gasteiger partial charge in [-0.1, -0.05) is 6.92 Å². The molecule has 2 fully saturated rings. The van der Waals surface area contributed by atoms with Gasteiger partial charge in [0, 0.05) is 45.2 Å². The van der Waals surface area contributed by atoms with Crippen molar-refractivity contribution < 1.29 is 4.79 Å². The predicted molar refractivity (Wildman–Crippen MR) is 54.7 cm³/mol. The zero-order valence-electron chi connectivity index (χ0n) is 8.92. The quantitative estimate of drug-likeness (QED) is 0.602. The second-order valence-corrected chi connectivity index (χ2v) is 4.61. The van der Waals surface area contributed by atoms with Crippen LogP contribution in [0.1, 0.15) is 13.8 Å². The summed E-state index contributed by atoms with van der Waals surface area (Å²) in [5, 5.41) is 6.47. The molecule has 4 atom stereocenters. The van der Waals surface area contributed by atoms with Crippen molar-refractivity contribution in [2.45, 2.75) is 19.9 Å². The molecule has 2 aliphatic heterocycles. The van der Waals surface area contributed by atoms with E-state index in [2.05, 4.69) is 22.5 Å². The molecule has 2 N–H and O–H groups in total. The number of fused-ring (bicyclic) bond motifs is 2. The highest BCUT2D eigenvalue weighted by atomic mass is 16.1. The molecule has 2 aliphatic rings. The lowest BCUT2D eigenvalue weighted by Crippen LogP contribution is -2.62. The van der Waals surface area contributed by atoms with Crippen molar-refractivity contribution in [1.82, 2.24) is 15.5 Å². The molecule has 2 bridgehead atoms. The number of hydrogen-bond donors (Lipinski definition) is 2. The van der Waals surface area contributed by atoms with E-state index >= 15 is 0 Å². The molecule has 0 saturated carbocycles. The summed E-state index contributed by atoms with van der Waals surface area (Å²) < 4.78 is 0. The van der Waals surface area contributed by atoms with Gasteiger partial charge in [0.05, 0.1) is 0 Å². The second kappa shape index (κ2) is 3.87. The van der Waals surface area contributed by atoms with Gasteiger partial charge in [-0.15, -0.1) is 0 Å². The highest BCUT2D eigenvalue weighted by molar-refractivity contribution is 5.73. The molecule has 2 rings (SSSR count). The summed E-state index contributed by atoms with van der Waals surface area (Å²) in [4.78, 5) is 13.5. The van der Waals surface area contributed by atoms with Crippen LogP contribution in [0.3, 0.4) is 0 Å². The molecule has 4 nitrogen and oxygen atoms in total. The van der Waals surface area contributed by atoms with Crippen LogP contribution in [-0.4, -0.2) is 43.2 Å². The third kappa shape index (κ3) is 1.91. The number of carbonyl (C=O) groups is 1. The van der Waals surface area contributed by atoms with E-state index < -0.39 is 0 Å². The van der Waals surface area contributed by atoms with E-state index in [0.717, 1.165) is 26.3 Å². The van der Waals surface area contributed by atoms with Gasteiger partial charge in [0.25, 0.3) is 0 Å². The van der Waals surface area contributed by atoms with Crippen LogP contribution in [0.2, 0.25) is 0 Å². The van der Waals surface area contributed by atoms with Crippen LogP contribution in [0.15, 0.2) is 0 Å². The van der Waals surface area contributed by atoms with Crippen LogP contribution in [0.25, 0.3) is 0 Å². The van der Waals surface area contributed by atoms with Gasteiger partial charge < -0.3 is 10.6 Å². The monoisotopic (exact) mass is 197 g/mol. The molecule has 2 unspecified atom stereocenters. The van der Waals surface area contributed by atoms with Crippen LogP contribution in [0.4, 0.5) is 0 Å². The first kappa shape index (κ1) is 9.93. The van der Waals surface area contributed by atoms with E-state index in [-0.39, 0.29) is 5.91 Å². The number of nitrogens with one attached hydrogen (secondary N) is 2. The fourth-order valence-electron chi connectivity index (χ4n) is 2.73. The number of carbonyl (C=O) groups excluding carboxylic acids is 1. The summed E-state index contributed by atoms with van der Waals surface area (Å²) in [7, 11) is 0. The Bertz CT molecular complexity index is 229. The summed E-state index contributed by atoms with van der Waals surface area (Å²) in [6, 6.07) is 0.358. The summed E-state index contributed by atoms with van der Waals surface area (Å²) in [6.07, 6.45) is 0. The van der Waals surface area contributed by atoms with Crippen LogP contribution in [-0.2, 0) is 4.79 Å². The minimum Gasteiger partial charge on any atom is -0.353 e. The molecule has 4 heteroatoms. The maximum atomic E-state index is 11.1. The smallest absolute Gasteiger partial charge is 0.217 e. The van der Waals surface area contributed by atoms with Gasteiger partial charge >= 0.3 is 0 Å². The first-order valence-electron chi connectivity index (χ1n) is 5.37. The van der Waals surface area contributed by atoms with Crippen LogP contribution >= 0.6 is 0 Å². The Kier molecular flexibility index (Phi) is 2.74. The Morgan fingerprint density at radius 1 is 1.50 bits per heavy atom. The molecule has 14 heavy (non-hydrogen) atoms. The van der Waals surface area contributed by atoms with Gasteiger partial charge in [-0.2, -0.15) is 0 Å². The average molecular weight is 197 g/mol. The number of nitrogens with zero attached hydrogens (tertiary/aromatic N) is 1. The SMILES string of the molecule is CC(=O)NC1[C@H]2CNCN(C2)C[C@H]1C. The van der Waals surface area contributed by atoms with E-state index in [4.69, 9.17) is 0 Å². The Hall–Kier alpha value is -0.610. The number of piperidine rings is 1. The largest absolute Gasteiger partial charge is 0.353 e. The second-order valence-electron chi connectivity index (χ2n) is 4.61. The maximum Gasteiger partial charge on any atom is 0.217 e. The Morgan fingerprint density at radius 2 is 2.29 bits per heavy atom. The van der Waals surface area contributed by atoms with E-state index in [1.807, 2.05) is 0 Å². The third-order valence-corrected chi connectivity index (χ3v) is 3.27. The number of hydrogen-bond acceptors (Lipinski definition) is 3. The van der Waals surface area contributed by atoms with Crippen molar-refractivity contribution in [3.63, 3.8) is 0 Å². The Labute approximate surface area is 85.0 Å². The predicted octanol–water partition coefficient (Wildman–Crippen LogP) is -0.380. The first-order chi connectivity index (χ1) is 6.66. The summed E-state index contributed by atoms with van der Waals surface area (Å²) in [6.45, 7) is 8.09. The van der Waals surface area contributed by atoms with Gasteiger partial charge in [0.1, 0.15) is 0 Å². The number of amides is 1. The lowest BCUT2D eigenvalue weighted by atomic mass is 9.83. The standard InChI is InChI=1S/C10H19N3O/c1-7-4-13-5-9(3-11-6-13)10(7)12-8(2)14/h7,9-11H,3-6H2,1-2H3,(H,12,14)/t7-,9+,10?/m1/s1. The van der Waals surface area contributed by atoms with E-state index in [1.165, 1.54) is 0 Å². The Balaban J connectivity index is 2.03. The topological polar surface area (TPSA) is 44.4 Å². The molecule has 0 aromatic rings. The normalized spacial score (nSPS) is 41.9.